The number of ether oxygens (including phenoxy) is 1. The highest BCUT2D eigenvalue weighted by Crippen LogP contribution is 2.11. The van der Waals surface area contributed by atoms with Crippen LogP contribution in [-0.4, -0.2) is 22.2 Å². The molecule has 0 radical (unpaired) electrons. The first-order chi connectivity index (χ1) is 10.0. The number of aromatic nitrogens is 2. The van der Waals surface area contributed by atoms with Gasteiger partial charge in [-0.1, -0.05) is 12.1 Å². The monoisotopic (exact) mass is 289 g/mol. The average Bonchev–Trinajstić information content (AvgIpc) is 2.47. The summed E-state index contributed by atoms with van der Waals surface area (Å²) < 4.78 is 7.32. The van der Waals surface area contributed by atoms with E-state index in [9.17, 15) is 14.4 Å². The number of amides is 1. The van der Waals surface area contributed by atoms with Crippen LogP contribution in [0.4, 0.5) is 0 Å². The molecule has 1 heterocycles. The van der Waals surface area contributed by atoms with E-state index in [0.29, 0.717) is 5.75 Å². The third-order valence-corrected chi connectivity index (χ3v) is 2.97. The molecule has 0 fully saturated rings. The lowest BCUT2D eigenvalue weighted by Crippen LogP contribution is -2.42. The van der Waals surface area contributed by atoms with E-state index in [1.165, 1.54) is 17.0 Å². The van der Waals surface area contributed by atoms with Crippen LogP contribution in [0.5, 0.6) is 5.75 Å². The number of primary amides is 1. The third-order valence-electron chi connectivity index (χ3n) is 2.97. The summed E-state index contributed by atoms with van der Waals surface area (Å²) in [6, 6.07) is 7.16. The summed E-state index contributed by atoms with van der Waals surface area (Å²) in [5.41, 5.74) is 4.39. The molecule has 0 aliphatic carbocycles. The van der Waals surface area contributed by atoms with Crippen LogP contribution < -0.4 is 21.6 Å². The molecule has 21 heavy (non-hydrogen) atoms. The highest BCUT2D eigenvalue weighted by Gasteiger charge is 2.07. The quantitative estimate of drug-likeness (QED) is 0.754. The van der Waals surface area contributed by atoms with E-state index in [4.69, 9.17) is 10.5 Å². The molecule has 0 saturated carbocycles. The first-order valence-corrected chi connectivity index (χ1v) is 6.22. The molecule has 0 spiro atoms. The van der Waals surface area contributed by atoms with Crippen LogP contribution in [0.3, 0.4) is 0 Å². The number of rotatable bonds is 5. The third kappa shape index (κ3) is 3.38. The molecule has 7 heteroatoms. The van der Waals surface area contributed by atoms with E-state index >= 15 is 0 Å². The Morgan fingerprint density at radius 1 is 1.10 bits per heavy atom. The van der Waals surface area contributed by atoms with E-state index in [1.807, 2.05) is 0 Å². The Morgan fingerprint density at radius 3 is 2.24 bits per heavy atom. The zero-order chi connectivity index (χ0) is 15.4. The Kier molecular flexibility index (Phi) is 4.22. The second-order valence-electron chi connectivity index (χ2n) is 4.48. The van der Waals surface area contributed by atoms with Gasteiger partial charge in [-0.2, -0.15) is 0 Å². The van der Waals surface area contributed by atoms with Gasteiger partial charge in [0, 0.05) is 12.4 Å². The number of carbonyl (C=O) groups excluding carboxylic acids is 1. The molecule has 0 atom stereocenters. The van der Waals surface area contributed by atoms with Crippen molar-refractivity contribution in [2.45, 2.75) is 13.1 Å². The fourth-order valence-electron chi connectivity index (χ4n) is 1.89. The number of hydrogen-bond donors (Lipinski definition) is 1. The molecule has 1 aromatic carbocycles. The minimum atomic E-state index is -0.773. The van der Waals surface area contributed by atoms with Gasteiger partial charge in [0.15, 0.2) is 0 Å². The smallest absolute Gasteiger partial charge is 0.316 e. The lowest BCUT2D eigenvalue weighted by molar-refractivity contribution is -0.118. The van der Waals surface area contributed by atoms with E-state index in [-0.39, 0.29) is 13.1 Å². The molecule has 0 aliphatic rings. The van der Waals surface area contributed by atoms with Crippen LogP contribution in [0.25, 0.3) is 0 Å². The van der Waals surface area contributed by atoms with E-state index in [0.717, 1.165) is 10.1 Å². The maximum atomic E-state index is 12.0. The van der Waals surface area contributed by atoms with Gasteiger partial charge in [0.25, 0.3) is 0 Å². The molecule has 0 bridgehead atoms. The Hall–Kier alpha value is -2.83. The number of benzene rings is 1. The fraction of sp³-hybridized carbons (Fsp3) is 0.214. The first kappa shape index (κ1) is 14.6. The van der Waals surface area contributed by atoms with Crippen molar-refractivity contribution in [1.82, 2.24) is 9.13 Å². The van der Waals surface area contributed by atoms with Crippen molar-refractivity contribution < 1.29 is 9.53 Å². The predicted molar refractivity (Wildman–Crippen MR) is 76.3 cm³/mol. The molecule has 7 nitrogen and oxygen atoms in total. The molecule has 0 unspecified atom stereocenters. The molecule has 2 rings (SSSR count). The molecular formula is C14H15N3O4. The number of carbonyl (C=O) groups is 1. The van der Waals surface area contributed by atoms with Crippen LogP contribution in [0.15, 0.2) is 46.2 Å². The van der Waals surface area contributed by atoms with E-state index in [1.54, 1.807) is 31.4 Å². The molecule has 1 amide bonds. The van der Waals surface area contributed by atoms with Gasteiger partial charge in [-0.15, -0.1) is 0 Å². The van der Waals surface area contributed by atoms with Crippen LogP contribution in [-0.2, 0) is 17.9 Å². The zero-order valence-corrected chi connectivity index (χ0v) is 11.5. The summed E-state index contributed by atoms with van der Waals surface area (Å²) in [5.74, 6) is 0.0346. The molecule has 2 N–H and O–H groups in total. The molecule has 0 aliphatic heterocycles. The number of hydrogen-bond acceptors (Lipinski definition) is 4. The SMILES string of the molecule is COc1ccc(Cn2ccn(CC(N)=O)c(=O)c2=O)cc1. The summed E-state index contributed by atoms with van der Waals surface area (Å²) in [6.07, 6.45) is 2.83. The zero-order valence-electron chi connectivity index (χ0n) is 11.5. The molecule has 0 saturated heterocycles. The Labute approximate surface area is 120 Å². The summed E-state index contributed by atoms with van der Waals surface area (Å²) in [4.78, 5) is 34.6. The van der Waals surface area contributed by atoms with Gasteiger partial charge in [0.05, 0.1) is 13.7 Å². The average molecular weight is 289 g/mol. The molecule has 2 aromatic rings. The second-order valence-corrected chi connectivity index (χ2v) is 4.48. The van der Waals surface area contributed by atoms with Crippen LogP contribution >= 0.6 is 0 Å². The van der Waals surface area contributed by atoms with Gasteiger partial charge in [0.2, 0.25) is 5.91 Å². The normalized spacial score (nSPS) is 10.3. The van der Waals surface area contributed by atoms with Crippen molar-refractivity contribution >= 4 is 5.91 Å². The van der Waals surface area contributed by atoms with Gasteiger partial charge in [-0.3, -0.25) is 19.0 Å². The number of nitrogens with two attached hydrogens (primary N) is 1. The van der Waals surface area contributed by atoms with Crippen LogP contribution in [0.2, 0.25) is 0 Å². The van der Waals surface area contributed by atoms with Gasteiger partial charge in [0.1, 0.15) is 12.3 Å². The van der Waals surface area contributed by atoms with Crippen molar-refractivity contribution in [2.24, 2.45) is 5.73 Å². The standard InChI is InChI=1S/C14H15N3O4/c1-21-11-4-2-10(3-5-11)8-16-6-7-17(9-12(15)18)14(20)13(16)19/h2-7H,8-9H2,1H3,(H2,15,18). The molecular weight excluding hydrogens is 274 g/mol. The van der Waals surface area contributed by atoms with Gasteiger partial charge >= 0.3 is 11.1 Å². The van der Waals surface area contributed by atoms with Crippen molar-refractivity contribution in [1.29, 1.82) is 0 Å². The van der Waals surface area contributed by atoms with Crippen molar-refractivity contribution in [3.8, 4) is 5.75 Å². The Morgan fingerprint density at radius 2 is 1.67 bits per heavy atom. The van der Waals surface area contributed by atoms with Gasteiger partial charge < -0.3 is 15.0 Å². The highest BCUT2D eigenvalue weighted by molar-refractivity contribution is 5.73. The predicted octanol–water partition coefficient (Wildman–Crippen LogP) is -0.448. The molecule has 110 valence electrons. The summed E-state index contributed by atoms with van der Waals surface area (Å²) in [7, 11) is 1.57. The van der Waals surface area contributed by atoms with E-state index < -0.39 is 17.0 Å². The fourth-order valence-corrected chi connectivity index (χ4v) is 1.89. The maximum Gasteiger partial charge on any atom is 0.316 e. The second kappa shape index (κ2) is 6.08. The largest absolute Gasteiger partial charge is 0.497 e. The number of nitrogens with zero attached hydrogens (tertiary/aromatic N) is 2. The molecule has 1 aromatic heterocycles. The lowest BCUT2D eigenvalue weighted by atomic mass is 10.2. The lowest BCUT2D eigenvalue weighted by Gasteiger charge is -2.08. The summed E-state index contributed by atoms with van der Waals surface area (Å²) in [6.45, 7) is -0.0487. The minimum absolute atomic E-state index is 0.259. The van der Waals surface area contributed by atoms with Crippen LogP contribution in [0, 0.1) is 0 Å². The van der Waals surface area contributed by atoms with Crippen molar-refractivity contribution in [2.75, 3.05) is 7.11 Å². The Bertz CT molecular complexity index is 759. The topological polar surface area (TPSA) is 96.3 Å². The van der Waals surface area contributed by atoms with Gasteiger partial charge in [-0.25, -0.2) is 0 Å². The van der Waals surface area contributed by atoms with Crippen LogP contribution in [0.1, 0.15) is 5.56 Å². The first-order valence-electron chi connectivity index (χ1n) is 6.22. The minimum Gasteiger partial charge on any atom is -0.497 e. The summed E-state index contributed by atoms with van der Waals surface area (Å²) >= 11 is 0. The van der Waals surface area contributed by atoms with E-state index in [2.05, 4.69) is 0 Å². The summed E-state index contributed by atoms with van der Waals surface area (Å²) in [5, 5.41) is 0. The number of methoxy groups -OCH3 is 1. The highest BCUT2D eigenvalue weighted by atomic mass is 16.5. The maximum absolute atomic E-state index is 12.0. The Balaban J connectivity index is 2.28. The van der Waals surface area contributed by atoms with Gasteiger partial charge in [-0.05, 0) is 17.7 Å². The van der Waals surface area contributed by atoms with Crippen molar-refractivity contribution in [3.63, 3.8) is 0 Å². The van der Waals surface area contributed by atoms with Crippen molar-refractivity contribution in [3.05, 3.63) is 62.9 Å².